The zero-order valence-electron chi connectivity index (χ0n) is 8.13. The maximum atomic E-state index is 2.46. The second kappa shape index (κ2) is 2.30. The number of hydrogen-bond acceptors (Lipinski definition) is 0. The van der Waals surface area contributed by atoms with Crippen LogP contribution in [0, 0.1) is 0 Å². The molecule has 0 radical (unpaired) electrons. The first kappa shape index (κ1) is 8.21. The van der Waals surface area contributed by atoms with E-state index in [9.17, 15) is 0 Å². The number of hydrogen-bond donors (Lipinski definition) is 0. The van der Waals surface area contributed by atoms with Crippen molar-refractivity contribution in [3.8, 4) is 0 Å². The predicted octanol–water partition coefficient (Wildman–Crippen LogP) is 1.23. The molecule has 2 aromatic rings. The summed E-state index contributed by atoms with van der Waals surface area (Å²) in [5, 5.41) is 0. The second-order valence-corrected chi connectivity index (χ2v) is 7.89. The highest BCUT2D eigenvalue weighted by Gasteiger charge is 2.13. The van der Waals surface area contributed by atoms with Gasteiger partial charge < -0.3 is 0 Å². The SMILES string of the molecule is Cn1n(C)p2n(C)n(C)p1n2C. The van der Waals surface area contributed by atoms with Gasteiger partial charge in [0, 0.05) is 35.2 Å². The van der Waals surface area contributed by atoms with Gasteiger partial charge in [-0.1, -0.05) is 0 Å². The summed E-state index contributed by atoms with van der Waals surface area (Å²) in [6.07, 6.45) is 0. The number of nitrogens with zero attached hydrogens (tertiary/aromatic N) is 5. The Kier molecular flexibility index (Phi) is 1.57. The van der Waals surface area contributed by atoms with Gasteiger partial charge in [-0.15, -0.1) is 0 Å². The van der Waals surface area contributed by atoms with Crippen molar-refractivity contribution in [1.29, 1.82) is 0 Å². The van der Waals surface area contributed by atoms with E-state index >= 15 is 0 Å². The lowest BCUT2D eigenvalue weighted by molar-refractivity contribution is 0.618. The molecule has 5 nitrogen and oxygen atoms in total. The molecule has 0 aliphatic carbocycles. The van der Waals surface area contributed by atoms with Gasteiger partial charge in [-0.3, -0.25) is 4.09 Å². The lowest BCUT2D eigenvalue weighted by atomic mass is 11.4. The largest absolute Gasteiger partial charge is 0.262 e. The molecule has 2 aromatic heterocycles. The van der Waals surface area contributed by atoms with Crippen LogP contribution in [0.25, 0.3) is 0 Å². The van der Waals surface area contributed by atoms with E-state index < -0.39 is 0 Å². The molecule has 0 aliphatic rings. The standard InChI is InChI=1S/C5H15N5P2/c1-6-7(2)12-9(4)8(3)11(6)10(12)5/h1-5H3. The van der Waals surface area contributed by atoms with E-state index in [1.54, 1.807) is 0 Å². The Morgan fingerprint density at radius 2 is 0.833 bits per heavy atom. The molecule has 0 aromatic carbocycles. The van der Waals surface area contributed by atoms with Crippen LogP contribution >= 0.6 is 15.6 Å². The first-order valence-corrected chi connectivity index (χ1v) is 6.24. The smallest absolute Gasteiger partial charge is 0.171 e. The summed E-state index contributed by atoms with van der Waals surface area (Å²) in [5.41, 5.74) is 0. The van der Waals surface area contributed by atoms with Crippen molar-refractivity contribution in [3.05, 3.63) is 0 Å². The lowest BCUT2D eigenvalue weighted by Gasteiger charge is -2.11. The van der Waals surface area contributed by atoms with E-state index in [2.05, 4.69) is 57.1 Å². The fourth-order valence-electron chi connectivity index (χ4n) is 1.66. The first-order valence-electron chi connectivity index (χ1n) is 3.84. The number of fused-ring (bicyclic) bond motifs is 2. The quantitative estimate of drug-likeness (QED) is 0.620. The molecule has 70 valence electrons. The highest BCUT2D eigenvalue weighted by Crippen LogP contribution is 2.36. The summed E-state index contributed by atoms with van der Waals surface area (Å²) >= 11 is 0. The van der Waals surface area contributed by atoms with E-state index in [0.717, 1.165) is 0 Å². The first-order chi connectivity index (χ1) is 5.55. The summed E-state index contributed by atoms with van der Waals surface area (Å²) in [5.74, 6) is 0. The van der Waals surface area contributed by atoms with Gasteiger partial charge in [-0.05, 0) is 0 Å². The van der Waals surface area contributed by atoms with E-state index in [1.165, 1.54) is 0 Å². The normalized spacial score (nSPS) is 14.8. The van der Waals surface area contributed by atoms with Crippen molar-refractivity contribution in [2.45, 2.75) is 0 Å². The molecule has 0 unspecified atom stereocenters. The summed E-state index contributed by atoms with van der Waals surface area (Å²) < 4.78 is 11.8. The minimum atomic E-state index is -0.251. The predicted molar refractivity (Wildman–Crippen MR) is 52.8 cm³/mol. The molecule has 2 heterocycles. The maximum Gasteiger partial charge on any atom is 0.171 e. The second-order valence-electron chi connectivity index (χ2n) is 2.98. The number of aryl methyl sites for hydroxylation is 5. The van der Waals surface area contributed by atoms with Gasteiger partial charge >= 0.3 is 0 Å². The van der Waals surface area contributed by atoms with Gasteiger partial charge in [0.1, 0.15) is 0 Å². The Bertz CT molecular complexity index is 376. The van der Waals surface area contributed by atoms with E-state index in [4.69, 9.17) is 0 Å². The third-order valence-electron chi connectivity index (χ3n) is 2.39. The Hall–Kier alpha value is -0.400. The van der Waals surface area contributed by atoms with Crippen LogP contribution in [0.1, 0.15) is 0 Å². The van der Waals surface area contributed by atoms with Gasteiger partial charge in [0.15, 0.2) is 15.6 Å². The molecule has 2 bridgehead atoms. The van der Waals surface area contributed by atoms with E-state index in [1.807, 2.05) is 0 Å². The Labute approximate surface area is 73.5 Å². The van der Waals surface area contributed by atoms with Crippen molar-refractivity contribution in [2.24, 2.45) is 35.2 Å². The van der Waals surface area contributed by atoms with Crippen molar-refractivity contribution in [2.75, 3.05) is 0 Å². The van der Waals surface area contributed by atoms with Crippen molar-refractivity contribution in [1.82, 2.24) is 21.9 Å². The highest BCUT2D eigenvalue weighted by atomic mass is 31.1. The molecule has 0 saturated carbocycles. The van der Waals surface area contributed by atoms with Crippen molar-refractivity contribution in [3.63, 3.8) is 0 Å². The third-order valence-corrected chi connectivity index (χ3v) is 7.81. The van der Waals surface area contributed by atoms with Crippen LogP contribution in [-0.4, -0.2) is 21.9 Å². The fourth-order valence-corrected chi connectivity index (χ4v) is 7.65. The summed E-state index contributed by atoms with van der Waals surface area (Å²) in [6.45, 7) is 0. The minimum Gasteiger partial charge on any atom is -0.262 e. The van der Waals surface area contributed by atoms with Crippen LogP contribution in [0.15, 0.2) is 0 Å². The zero-order chi connectivity index (χ0) is 9.04. The van der Waals surface area contributed by atoms with E-state index in [0.29, 0.717) is 0 Å². The molecule has 0 spiro atoms. The maximum absolute atomic E-state index is 2.46. The van der Waals surface area contributed by atoms with Gasteiger partial charge in [-0.2, -0.15) is 0 Å². The zero-order valence-corrected chi connectivity index (χ0v) is 9.92. The summed E-state index contributed by atoms with van der Waals surface area (Å²) in [4.78, 5) is 0. The molecular formula is C5H15N5P2. The van der Waals surface area contributed by atoms with Crippen molar-refractivity contribution >= 4 is 15.6 Å². The molecule has 12 heavy (non-hydrogen) atoms. The molecule has 0 N–H and O–H groups in total. The third kappa shape index (κ3) is 0.711. The molecule has 0 fully saturated rings. The van der Waals surface area contributed by atoms with Crippen molar-refractivity contribution < 1.29 is 0 Å². The van der Waals surface area contributed by atoms with Gasteiger partial charge in [0.2, 0.25) is 0 Å². The fraction of sp³-hybridized carbons (Fsp3) is 1.00. The molecule has 0 saturated heterocycles. The summed E-state index contributed by atoms with van der Waals surface area (Å²) in [7, 11) is 10.3. The minimum absolute atomic E-state index is 0.251. The summed E-state index contributed by atoms with van der Waals surface area (Å²) in [6, 6.07) is 0. The van der Waals surface area contributed by atoms with Gasteiger partial charge in [-0.25, -0.2) is 17.8 Å². The Balaban J connectivity index is 3.05. The molecule has 0 aliphatic heterocycles. The number of aromatic nitrogens is 5. The highest BCUT2D eigenvalue weighted by molar-refractivity contribution is 7.50. The molecule has 7 heteroatoms. The van der Waals surface area contributed by atoms with Crippen LogP contribution in [-0.2, 0) is 35.2 Å². The van der Waals surface area contributed by atoms with Gasteiger partial charge in [0.25, 0.3) is 0 Å². The Morgan fingerprint density at radius 1 is 0.583 bits per heavy atom. The van der Waals surface area contributed by atoms with Crippen LogP contribution in [0.4, 0.5) is 0 Å². The molecule has 0 amide bonds. The molecule has 2 rings (SSSR count). The van der Waals surface area contributed by atoms with Crippen LogP contribution in [0.2, 0.25) is 0 Å². The molecule has 0 atom stereocenters. The average molecular weight is 207 g/mol. The van der Waals surface area contributed by atoms with Crippen LogP contribution in [0.5, 0.6) is 0 Å². The lowest BCUT2D eigenvalue weighted by Crippen LogP contribution is -2.10. The topological polar surface area (TPSA) is 24.6 Å². The van der Waals surface area contributed by atoms with Crippen LogP contribution < -0.4 is 0 Å². The molecular weight excluding hydrogens is 192 g/mol. The monoisotopic (exact) mass is 207 g/mol. The average Bonchev–Trinajstić information content (AvgIpc) is 2.33. The van der Waals surface area contributed by atoms with E-state index in [-0.39, 0.29) is 15.6 Å². The Morgan fingerprint density at radius 3 is 1.00 bits per heavy atom. The van der Waals surface area contributed by atoms with Crippen LogP contribution in [0.3, 0.4) is 0 Å². The van der Waals surface area contributed by atoms with Gasteiger partial charge in [0.05, 0.1) is 0 Å². The number of rotatable bonds is 0.